The van der Waals surface area contributed by atoms with Gasteiger partial charge >= 0.3 is 12.2 Å². The van der Waals surface area contributed by atoms with Crippen LogP contribution in [-0.4, -0.2) is 74.0 Å². The van der Waals surface area contributed by atoms with E-state index in [4.69, 9.17) is 14.2 Å². The van der Waals surface area contributed by atoms with Gasteiger partial charge in [-0.05, 0) is 50.2 Å². The van der Waals surface area contributed by atoms with E-state index < -0.39 is 30.2 Å². The van der Waals surface area contributed by atoms with Crippen LogP contribution in [-0.2, 0) is 23.8 Å². The molecule has 2 aromatic rings. The van der Waals surface area contributed by atoms with Gasteiger partial charge in [0.05, 0.1) is 19.8 Å². The minimum absolute atomic E-state index is 0.0344. The standard InChI is InChI=1S/C26H30N4O7/c1-3-36-26(34)37-21-14-22(30(15-21)25(33)28-19-6-4-17(2)5-7-19)24(32)27-18-8-10-20(11-9-18)29-12-13-35-16-23(29)31/h4-11,21-22H,3,12-16H2,1-2H3,(H,27,32)(H,28,33)/t21-,22-/m1/s1. The van der Waals surface area contributed by atoms with Crippen molar-refractivity contribution < 1.29 is 33.4 Å². The van der Waals surface area contributed by atoms with Gasteiger partial charge in [-0.1, -0.05) is 17.7 Å². The summed E-state index contributed by atoms with van der Waals surface area (Å²) < 4.78 is 15.3. The lowest BCUT2D eigenvalue weighted by Gasteiger charge is -2.27. The second-order valence-corrected chi connectivity index (χ2v) is 8.76. The lowest BCUT2D eigenvalue weighted by molar-refractivity contribution is -0.125. The van der Waals surface area contributed by atoms with Crippen LogP contribution in [0.4, 0.5) is 26.7 Å². The largest absolute Gasteiger partial charge is 0.508 e. The van der Waals surface area contributed by atoms with Gasteiger partial charge in [0.25, 0.3) is 5.91 Å². The average Bonchev–Trinajstić information content (AvgIpc) is 3.30. The van der Waals surface area contributed by atoms with Crippen LogP contribution in [0.15, 0.2) is 48.5 Å². The topological polar surface area (TPSA) is 127 Å². The van der Waals surface area contributed by atoms with E-state index in [9.17, 15) is 19.2 Å². The Bertz CT molecular complexity index is 1140. The van der Waals surface area contributed by atoms with E-state index in [0.717, 1.165) is 5.56 Å². The van der Waals surface area contributed by atoms with Crippen molar-refractivity contribution in [2.45, 2.75) is 32.4 Å². The zero-order valence-corrected chi connectivity index (χ0v) is 20.8. The third-order valence-corrected chi connectivity index (χ3v) is 6.09. The van der Waals surface area contributed by atoms with Crippen LogP contribution in [0.2, 0.25) is 0 Å². The minimum Gasteiger partial charge on any atom is -0.435 e. The lowest BCUT2D eigenvalue weighted by Crippen LogP contribution is -2.45. The zero-order valence-electron chi connectivity index (χ0n) is 20.8. The molecule has 37 heavy (non-hydrogen) atoms. The van der Waals surface area contributed by atoms with E-state index in [-0.39, 0.29) is 32.1 Å². The molecule has 0 aliphatic carbocycles. The number of nitrogens with one attached hydrogen (secondary N) is 2. The number of anilines is 3. The van der Waals surface area contributed by atoms with E-state index >= 15 is 0 Å². The Balaban J connectivity index is 1.45. The highest BCUT2D eigenvalue weighted by atomic mass is 16.7. The molecule has 2 N–H and O–H groups in total. The lowest BCUT2D eigenvalue weighted by atomic mass is 10.1. The number of carbonyl (C=O) groups excluding carboxylic acids is 4. The molecule has 2 aliphatic rings. The van der Waals surface area contributed by atoms with Gasteiger partial charge in [-0.2, -0.15) is 0 Å². The summed E-state index contributed by atoms with van der Waals surface area (Å²) in [7, 11) is 0. The van der Waals surface area contributed by atoms with Gasteiger partial charge in [0, 0.05) is 30.0 Å². The fourth-order valence-electron chi connectivity index (χ4n) is 4.22. The third kappa shape index (κ3) is 6.56. The second-order valence-electron chi connectivity index (χ2n) is 8.76. The molecule has 2 aliphatic heterocycles. The minimum atomic E-state index is -0.884. The molecule has 11 heteroatoms. The Kier molecular flexibility index (Phi) is 8.24. The first-order valence-electron chi connectivity index (χ1n) is 12.1. The Morgan fingerprint density at radius 1 is 1.03 bits per heavy atom. The Labute approximate surface area is 214 Å². The van der Waals surface area contributed by atoms with Crippen molar-refractivity contribution in [3.8, 4) is 0 Å². The smallest absolute Gasteiger partial charge is 0.435 e. The summed E-state index contributed by atoms with van der Waals surface area (Å²) in [6, 6.07) is 12.8. The molecular formula is C26H30N4O7. The summed E-state index contributed by atoms with van der Waals surface area (Å²) in [5.41, 5.74) is 2.83. The van der Waals surface area contributed by atoms with Crippen LogP contribution in [0.25, 0.3) is 0 Å². The van der Waals surface area contributed by atoms with Crippen molar-refractivity contribution in [3.63, 3.8) is 0 Å². The second kappa shape index (κ2) is 11.7. The van der Waals surface area contributed by atoms with Crippen molar-refractivity contribution >= 4 is 41.1 Å². The van der Waals surface area contributed by atoms with Crippen LogP contribution in [0.1, 0.15) is 18.9 Å². The van der Waals surface area contributed by atoms with Gasteiger partial charge in [0.2, 0.25) is 5.91 Å². The van der Waals surface area contributed by atoms with Crippen LogP contribution in [0.5, 0.6) is 0 Å². The molecule has 2 heterocycles. The summed E-state index contributed by atoms with van der Waals surface area (Å²) in [6.07, 6.45) is -1.43. The summed E-state index contributed by atoms with van der Waals surface area (Å²) in [4.78, 5) is 53.2. The molecule has 0 saturated carbocycles. The van der Waals surface area contributed by atoms with Crippen LogP contribution in [0.3, 0.4) is 0 Å². The van der Waals surface area contributed by atoms with Gasteiger partial charge in [0.1, 0.15) is 18.8 Å². The molecule has 11 nitrogen and oxygen atoms in total. The van der Waals surface area contributed by atoms with Crippen molar-refractivity contribution in [2.24, 2.45) is 0 Å². The number of carbonyl (C=O) groups is 4. The summed E-state index contributed by atoms with van der Waals surface area (Å²) in [5, 5.41) is 5.61. The average molecular weight is 511 g/mol. The highest BCUT2D eigenvalue weighted by Gasteiger charge is 2.42. The van der Waals surface area contributed by atoms with Gasteiger partial charge in [-0.15, -0.1) is 0 Å². The van der Waals surface area contributed by atoms with Crippen LogP contribution >= 0.6 is 0 Å². The molecular weight excluding hydrogens is 480 g/mol. The van der Waals surface area contributed by atoms with Crippen molar-refractivity contribution in [2.75, 3.05) is 48.4 Å². The fourth-order valence-corrected chi connectivity index (χ4v) is 4.22. The van der Waals surface area contributed by atoms with Crippen LogP contribution in [0, 0.1) is 6.92 Å². The molecule has 0 aromatic heterocycles. The Hall–Kier alpha value is -4.12. The number of nitrogens with zero attached hydrogens (tertiary/aromatic N) is 2. The first kappa shape index (κ1) is 26.0. The van der Waals surface area contributed by atoms with Gasteiger partial charge < -0.3 is 34.6 Å². The fraction of sp³-hybridized carbons (Fsp3) is 0.385. The number of ether oxygens (including phenoxy) is 3. The number of morpholine rings is 1. The van der Waals surface area contributed by atoms with E-state index in [1.165, 1.54) is 4.90 Å². The molecule has 0 radical (unpaired) electrons. The quantitative estimate of drug-likeness (QED) is 0.572. The summed E-state index contributed by atoms with van der Waals surface area (Å²) in [5.74, 6) is -0.555. The SMILES string of the molecule is CCOC(=O)O[C@@H]1C[C@H](C(=O)Nc2ccc(N3CCOCC3=O)cc2)N(C(=O)Nc2ccc(C)cc2)C1. The molecule has 2 atom stereocenters. The molecule has 196 valence electrons. The Morgan fingerprint density at radius 3 is 2.38 bits per heavy atom. The number of hydrogen-bond acceptors (Lipinski definition) is 7. The highest BCUT2D eigenvalue weighted by molar-refractivity contribution is 6.00. The highest BCUT2D eigenvalue weighted by Crippen LogP contribution is 2.25. The number of benzene rings is 2. The molecule has 0 unspecified atom stereocenters. The molecule has 0 spiro atoms. The van der Waals surface area contributed by atoms with E-state index in [2.05, 4.69) is 10.6 Å². The molecule has 2 aromatic carbocycles. The number of rotatable bonds is 6. The van der Waals surface area contributed by atoms with Gasteiger partial charge in [-0.3, -0.25) is 9.59 Å². The van der Waals surface area contributed by atoms with E-state index in [1.807, 2.05) is 19.1 Å². The maximum Gasteiger partial charge on any atom is 0.508 e. The normalized spacial score (nSPS) is 19.4. The first-order valence-corrected chi connectivity index (χ1v) is 12.1. The molecule has 0 bridgehead atoms. The summed E-state index contributed by atoms with van der Waals surface area (Å²) in [6.45, 7) is 4.74. The number of likely N-dealkylation sites (tertiary alicyclic amines) is 1. The van der Waals surface area contributed by atoms with Gasteiger partial charge in [-0.25, -0.2) is 9.59 Å². The van der Waals surface area contributed by atoms with Crippen LogP contribution < -0.4 is 15.5 Å². The monoisotopic (exact) mass is 510 g/mol. The van der Waals surface area contributed by atoms with Gasteiger partial charge in [0.15, 0.2) is 0 Å². The predicted molar refractivity (Wildman–Crippen MR) is 135 cm³/mol. The zero-order chi connectivity index (χ0) is 26.4. The number of aryl methyl sites for hydroxylation is 1. The number of amides is 4. The predicted octanol–water partition coefficient (Wildman–Crippen LogP) is 3.14. The Morgan fingerprint density at radius 2 is 1.70 bits per heavy atom. The summed E-state index contributed by atoms with van der Waals surface area (Å²) >= 11 is 0. The van der Waals surface area contributed by atoms with E-state index in [1.54, 1.807) is 48.2 Å². The third-order valence-electron chi connectivity index (χ3n) is 6.09. The first-order chi connectivity index (χ1) is 17.8. The maximum atomic E-state index is 13.2. The molecule has 2 saturated heterocycles. The molecule has 4 rings (SSSR count). The van der Waals surface area contributed by atoms with Crippen molar-refractivity contribution in [3.05, 3.63) is 54.1 Å². The van der Waals surface area contributed by atoms with E-state index in [0.29, 0.717) is 30.2 Å². The molecule has 4 amide bonds. The molecule has 2 fully saturated rings. The number of urea groups is 1. The van der Waals surface area contributed by atoms with Crippen molar-refractivity contribution in [1.82, 2.24) is 4.90 Å². The number of hydrogen-bond donors (Lipinski definition) is 2. The van der Waals surface area contributed by atoms with Crippen molar-refractivity contribution in [1.29, 1.82) is 0 Å². The maximum absolute atomic E-state index is 13.2.